The summed E-state index contributed by atoms with van der Waals surface area (Å²) in [7, 11) is 3.16. The average Bonchev–Trinajstić information content (AvgIpc) is 3.27. The van der Waals surface area contributed by atoms with Gasteiger partial charge in [-0.25, -0.2) is 14.0 Å². The summed E-state index contributed by atoms with van der Waals surface area (Å²) in [6.45, 7) is 5.88. The van der Waals surface area contributed by atoms with E-state index < -0.39 is 88.9 Å². The zero-order valence-electron chi connectivity index (χ0n) is 37.6. The molecule has 0 aliphatic carbocycles. The van der Waals surface area contributed by atoms with Crippen molar-refractivity contribution >= 4 is 69.8 Å². The molecule has 6 amide bonds. The van der Waals surface area contributed by atoms with E-state index in [9.17, 15) is 53.4 Å². The van der Waals surface area contributed by atoms with Gasteiger partial charge in [-0.15, -0.1) is 0 Å². The van der Waals surface area contributed by atoms with Crippen molar-refractivity contribution in [2.24, 2.45) is 11.7 Å². The third-order valence-corrected chi connectivity index (χ3v) is 10.9. The van der Waals surface area contributed by atoms with Crippen molar-refractivity contribution in [3.63, 3.8) is 0 Å². The minimum Gasteiger partial charge on any atom is -0.481 e. The lowest BCUT2D eigenvalue weighted by molar-refractivity contribution is -0.138. The zero-order valence-corrected chi connectivity index (χ0v) is 37.6. The molecule has 0 spiro atoms. The number of carbonyl (C=O) groups is 8. The highest BCUT2D eigenvalue weighted by atomic mass is 19.1. The molecular formula is C44H58FN9O12. The van der Waals surface area contributed by atoms with Crippen molar-refractivity contribution in [2.75, 3.05) is 57.0 Å². The smallest absolute Gasteiger partial charge is 0.410 e. The highest BCUT2D eigenvalue weighted by Crippen LogP contribution is 2.27. The van der Waals surface area contributed by atoms with E-state index in [0.29, 0.717) is 23.3 Å². The van der Waals surface area contributed by atoms with Crippen molar-refractivity contribution in [1.29, 1.82) is 0 Å². The molecule has 4 rings (SSSR count). The Labute approximate surface area is 379 Å². The molecule has 3 atom stereocenters. The van der Waals surface area contributed by atoms with E-state index >= 15 is 4.39 Å². The van der Waals surface area contributed by atoms with Crippen LogP contribution in [0.15, 0.2) is 47.4 Å². The first-order valence-electron chi connectivity index (χ1n) is 21.4. The number of nitrogens with two attached hydrogens (primary N) is 1. The molecular weight excluding hydrogens is 866 g/mol. The van der Waals surface area contributed by atoms with Crippen LogP contribution in [0.2, 0.25) is 0 Å². The number of fused-ring (bicyclic) bond motifs is 1. The predicted octanol–water partition coefficient (Wildman–Crippen LogP) is 1.45. The van der Waals surface area contributed by atoms with Crippen molar-refractivity contribution in [3.05, 3.63) is 69.8 Å². The number of halogens is 1. The van der Waals surface area contributed by atoms with Crippen LogP contribution >= 0.6 is 0 Å². The number of amides is 6. The fourth-order valence-corrected chi connectivity index (χ4v) is 7.04. The normalized spacial score (nSPS) is 13.9. The largest absolute Gasteiger partial charge is 0.481 e. The van der Waals surface area contributed by atoms with E-state index in [1.807, 2.05) is 0 Å². The van der Waals surface area contributed by atoms with Gasteiger partial charge in [0.15, 0.2) is 0 Å². The number of rotatable bonds is 21. The van der Waals surface area contributed by atoms with Gasteiger partial charge in [0.2, 0.25) is 35.0 Å². The topological polar surface area (TPSA) is 292 Å². The van der Waals surface area contributed by atoms with Gasteiger partial charge < -0.3 is 61.2 Å². The van der Waals surface area contributed by atoms with E-state index in [-0.39, 0.29) is 82.0 Å². The Morgan fingerprint density at radius 2 is 1.53 bits per heavy atom. The van der Waals surface area contributed by atoms with E-state index in [1.54, 1.807) is 68.6 Å². The number of benzene rings is 2. The number of carbonyl (C=O) groups excluding carboxylic acids is 6. The van der Waals surface area contributed by atoms with Gasteiger partial charge in [0.05, 0.1) is 11.2 Å². The van der Waals surface area contributed by atoms with Gasteiger partial charge in [-0.3, -0.25) is 33.6 Å². The molecule has 358 valence electrons. The number of aromatic nitrogens is 1. The fourth-order valence-electron chi connectivity index (χ4n) is 7.04. The standard InChI is InChI=1S/C44H58FN9O12/c1-6-52-23-29(43(63)64)39(59)28-20-30(45)34(21-33(28)52)53-16-18-54(19-17-53)44(65)66-24-26-10-12-27(13-11-26)47-41(61)32(22-46)49-42(62)38(25(2)3)50-40(60)31(14-15-37(57)58)48-35(55)8-7-9-36(56)51(4)5/h10-13,20-21,23,25,31-32,38H,6-9,14-19,22,24,46H2,1-5H3,(H,47,61)(H,48,55)(H,49,62)(H,50,60)(H,57,58)(H,63,64)/t31-,32-,38-/m0/s1. The van der Waals surface area contributed by atoms with Crippen LogP contribution in [0.4, 0.5) is 20.6 Å². The monoisotopic (exact) mass is 923 g/mol. The lowest BCUT2D eigenvalue weighted by Gasteiger charge is -2.35. The van der Waals surface area contributed by atoms with Crippen LogP contribution in [0.5, 0.6) is 0 Å². The lowest BCUT2D eigenvalue weighted by Crippen LogP contribution is -2.59. The molecule has 8 N–H and O–H groups in total. The quantitative estimate of drug-likeness (QED) is 0.0797. The molecule has 1 fully saturated rings. The van der Waals surface area contributed by atoms with Gasteiger partial charge >= 0.3 is 18.0 Å². The molecule has 2 heterocycles. The SMILES string of the molecule is CCn1cc(C(=O)O)c(=O)c2cc(F)c(N3CCN(C(=O)OCc4ccc(NC(=O)[C@H](CN)NC(=O)[C@@H](NC(=O)[C@H](CCC(=O)O)NC(=O)CCCC(=O)N(C)C)C(C)C)cc4)CC3)cc21. The molecule has 66 heavy (non-hydrogen) atoms. The minimum absolute atomic E-state index is 0.0448. The van der Waals surface area contributed by atoms with Crippen molar-refractivity contribution in [3.8, 4) is 0 Å². The zero-order chi connectivity index (χ0) is 48.8. The number of hydrogen-bond donors (Lipinski definition) is 7. The Morgan fingerprint density at radius 3 is 2.11 bits per heavy atom. The maximum absolute atomic E-state index is 15.3. The third kappa shape index (κ3) is 13.9. The number of pyridine rings is 1. The number of aliphatic carboxylic acids is 1. The first-order valence-corrected chi connectivity index (χ1v) is 21.4. The fraction of sp³-hybridized carbons (Fsp3) is 0.477. The van der Waals surface area contributed by atoms with E-state index in [2.05, 4.69) is 21.3 Å². The Hall–Kier alpha value is -7.10. The van der Waals surface area contributed by atoms with Crippen LogP contribution in [-0.2, 0) is 46.7 Å². The number of nitrogens with zero attached hydrogens (tertiary/aromatic N) is 4. The molecule has 1 saturated heterocycles. The van der Waals surface area contributed by atoms with Crippen LogP contribution in [0, 0.1) is 11.7 Å². The maximum Gasteiger partial charge on any atom is 0.410 e. The first-order chi connectivity index (χ1) is 31.2. The third-order valence-electron chi connectivity index (χ3n) is 10.9. The molecule has 3 aromatic rings. The number of aryl methyl sites for hydroxylation is 1. The predicted molar refractivity (Wildman–Crippen MR) is 239 cm³/mol. The second kappa shape index (κ2) is 23.7. The summed E-state index contributed by atoms with van der Waals surface area (Å²) >= 11 is 0. The first kappa shape index (κ1) is 51.5. The average molecular weight is 924 g/mol. The van der Waals surface area contributed by atoms with Crippen molar-refractivity contribution < 1.29 is 57.7 Å². The number of piperazine rings is 1. The molecule has 22 heteroatoms. The second-order valence-corrected chi connectivity index (χ2v) is 16.2. The summed E-state index contributed by atoms with van der Waals surface area (Å²) in [5, 5.41) is 28.9. The van der Waals surface area contributed by atoms with Gasteiger partial charge in [0.25, 0.3) is 0 Å². The Bertz CT molecular complexity index is 2350. The molecule has 0 saturated carbocycles. The highest BCUT2D eigenvalue weighted by Gasteiger charge is 2.32. The van der Waals surface area contributed by atoms with Crippen molar-refractivity contribution in [1.82, 2.24) is 30.3 Å². The van der Waals surface area contributed by atoms with Crippen LogP contribution < -0.4 is 37.3 Å². The summed E-state index contributed by atoms with van der Waals surface area (Å²) < 4.78 is 22.4. The van der Waals surface area contributed by atoms with Gasteiger partial charge in [0.1, 0.15) is 36.1 Å². The van der Waals surface area contributed by atoms with Gasteiger partial charge in [-0.1, -0.05) is 26.0 Å². The number of carboxylic acid groups (broad SMARTS) is 2. The number of ether oxygens (including phenoxy) is 1. The molecule has 0 radical (unpaired) electrons. The number of carboxylic acids is 2. The van der Waals surface area contributed by atoms with E-state index in [0.717, 1.165) is 6.07 Å². The van der Waals surface area contributed by atoms with Crippen LogP contribution in [-0.4, -0.2) is 137 Å². The number of aromatic carboxylic acids is 1. The summed E-state index contributed by atoms with van der Waals surface area (Å²) in [6, 6.07) is 5.13. The van der Waals surface area contributed by atoms with E-state index in [4.69, 9.17) is 10.5 Å². The highest BCUT2D eigenvalue weighted by molar-refractivity contribution is 5.99. The number of anilines is 2. The van der Waals surface area contributed by atoms with Gasteiger partial charge in [-0.2, -0.15) is 0 Å². The summed E-state index contributed by atoms with van der Waals surface area (Å²) in [6.07, 6.45) is 0.111. The lowest BCUT2D eigenvalue weighted by atomic mass is 10.0. The summed E-state index contributed by atoms with van der Waals surface area (Å²) in [5.74, 6) is -6.83. The maximum atomic E-state index is 15.3. The van der Waals surface area contributed by atoms with Crippen LogP contribution in [0.1, 0.15) is 68.8 Å². The second-order valence-electron chi connectivity index (χ2n) is 16.2. The molecule has 1 aliphatic rings. The minimum atomic E-state index is -1.40. The summed E-state index contributed by atoms with van der Waals surface area (Å²) in [5.41, 5.74) is 6.14. The van der Waals surface area contributed by atoms with E-state index in [1.165, 1.54) is 22.1 Å². The molecule has 21 nitrogen and oxygen atoms in total. The van der Waals surface area contributed by atoms with Gasteiger partial charge in [-0.05, 0) is 55.5 Å². The molecule has 1 aromatic heterocycles. The van der Waals surface area contributed by atoms with Crippen LogP contribution in [0.3, 0.4) is 0 Å². The molecule has 1 aliphatic heterocycles. The Kier molecular flexibility index (Phi) is 18.5. The van der Waals surface area contributed by atoms with Gasteiger partial charge in [0, 0.05) is 89.9 Å². The molecule has 2 aromatic carbocycles. The number of nitrogens with one attached hydrogen (secondary N) is 4. The molecule has 0 unspecified atom stereocenters. The van der Waals surface area contributed by atoms with Crippen molar-refractivity contribution in [2.45, 2.75) is 84.2 Å². The Balaban J connectivity index is 1.28. The van der Waals surface area contributed by atoms with Crippen LogP contribution in [0.25, 0.3) is 10.9 Å². The number of hydrogen-bond acceptors (Lipinski definition) is 12. The molecule has 0 bridgehead atoms. The Morgan fingerprint density at radius 1 is 0.864 bits per heavy atom. The summed E-state index contributed by atoms with van der Waals surface area (Å²) in [4.78, 5) is 118.